The zero-order chi connectivity index (χ0) is 14.5. The number of hydrogen-bond acceptors (Lipinski definition) is 3. The summed E-state index contributed by atoms with van der Waals surface area (Å²) in [5.41, 5.74) is 8.20. The van der Waals surface area contributed by atoms with Crippen LogP contribution in [0.1, 0.15) is 31.0 Å². The number of methoxy groups -OCH3 is 1. The van der Waals surface area contributed by atoms with E-state index in [0.29, 0.717) is 0 Å². The highest BCUT2D eigenvalue weighted by Gasteiger charge is 2.14. The van der Waals surface area contributed by atoms with Crippen LogP contribution in [-0.2, 0) is 6.42 Å². The third-order valence-electron chi connectivity index (χ3n) is 3.26. The number of benzene rings is 2. The van der Waals surface area contributed by atoms with Gasteiger partial charge < -0.3 is 15.2 Å². The first-order valence-corrected chi connectivity index (χ1v) is 6.85. The summed E-state index contributed by atoms with van der Waals surface area (Å²) < 4.78 is 11.3. The summed E-state index contributed by atoms with van der Waals surface area (Å²) in [6, 6.07) is 13.6. The first kappa shape index (κ1) is 14.4. The molecule has 2 N–H and O–H groups in total. The third kappa shape index (κ3) is 3.11. The van der Waals surface area contributed by atoms with Crippen molar-refractivity contribution in [1.82, 2.24) is 0 Å². The van der Waals surface area contributed by atoms with Crippen molar-refractivity contribution in [2.75, 3.05) is 7.11 Å². The van der Waals surface area contributed by atoms with Gasteiger partial charge in [-0.25, -0.2) is 0 Å². The maximum absolute atomic E-state index is 6.03. The van der Waals surface area contributed by atoms with Gasteiger partial charge in [0.15, 0.2) is 0 Å². The Balaban J connectivity index is 2.32. The monoisotopic (exact) mass is 271 g/mol. The van der Waals surface area contributed by atoms with Crippen LogP contribution < -0.4 is 15.2 Å². The van der Waals surface area contributed by atoms with Crippen LogP contribution in [0, 0.1) is 0 Å². The number of hydrogen-bond donors (Lipinski definition) is 1. The Morgan fingerprint density at radius 2 is 1.70 bits per heavy atom. The van der Waals surface area contributed by atoms with Crippen molar-refractivity contribution in [3.63, 3.8) is 0 Å². The highest BCUT2D eigenvalue weighted by Crippen LogP contribution is 2.35. The van der Waals surface area contributed by atoms with E-state index in [2.05, 4.69) is 19.1 Å². The summed E-state index contributed by atoms with van der Waals surface area (Å²) in [5.74, 6) is 2.30. The van der Waals surface area contributed by atoms with Crippen LogP contribution >= 0.6 is 0 Å². The minimum absolute atomic E-state index is 0.156. The molecule has 2 aromatic carbocycles. The van der Waals surface area contributed by atoms with Crippen LogP contribution in [0.3, 0.4) is 0 Å². The molecule has 0 saturated carbocycles. The fraction of sp³-hybridized carbons (Fsp3) is 0.294. The van der Waals surface area contributed by atoms with Crippen LogP contribution in [0.2, 0.25) is 0 Å². The summed E-state index contributed by atoms with van der Waals surface area (Å²) >= 11 is 0. The molecule has 3 heteroatoms. The third-order valence-corrected chi connectivity index (χ3v) is 3.26. The van der Waals surface area contributed by atoms with Gasteiger partial charge in [-0.15, -0.1) is 0 Å². The first-order valence-electron chi connectivity index (χ1n) is 6.85. The normalized spacial score (nSPS) is 12.0. The second kappa shape index (κ2) is 6.44. The molecule has 2 rings (SSSR count). The van der Waals surface area contributed by atoms with Gasteiger partial charge in [-0.3, -0.25) is 0 Å². The van der Waals surface area contributed by atoms with Gasteiger partial charge in [-0.05, 0) is 43.2 Å². The molecule has 0 aliphatic heterocycles. The summed E-state index contributed by atoms with van der Waals surface area (Å²) in [6.07, 6.45) is 1.02. The Labute approximate surface area is 120 Å². The van der Waals surface area contributed by atoms with E-state index in [9.17, 15) is 0 Å². The largest absolute Gasteiger partial charge is 0.496 e. The standard InChI is InChI=1S/C17H21NO2/c1-4-13-8-10-14(11-9-13)20-16-7-5-6-15(19-3)17(16)12(2)18/h5-12H,4,18H2,1-3H3/t12-/m1/s1. The van der Waals surface area contributed by atoms with Crippen molar-refractivity contribution in [1.29, 1.82) is 0 Å². The number of aryl methyl sites for hydroxylation is 1. The molecular weight excluding hydrogens is 250 g/mol. The van der Waals surface area contributed by atoms with Gasteiger partial charge in [-0.2, -0.15) is 0 Å². The van der Waals surface area contributed by atoms with E-state index < -0.39 is 0 Å². The Bertz CT molecular complexity index is 562. The van der Waals surface area contributed by atoms with E-state index >= 15 is 0 Å². The molecule has 0 aliphatic carbocycles. The fourth-order valence-electron chi connectivity index (χ4n) is 2.16. The smallest absolute Gasteiger partial charge is 0.135 e. The number of ether oxygens (including phenoxy) is 2. The van der Waals surface area contributed by atoms with Crippen LogP contribution in [0.25, 0.3) is 0 Å². The lowest BCUT2D eigenvalue weighted by Crippen LogP contribution is -2.08. The van der Waals surface area contributed by atoms with Gasteiger partial charge in [0.05, 0.1) is 12.7 Å². The Kier molecular flexibility index (Phi) is 4.64. The molecule has 0 amide bonds. The van der Waals surface area contributed by atoms with Crippen LogP contribution in [0.4, 0.5) is 0 Å². The molecule has 0 heterocycles. The van der Waals surface area contributed by atoms with Gasteiger partial charge in [-0.1, -0.05) is 25.1 Å². The maximum atomic E-state index is 6.03. The molecule has 0 aliphatic rings. The zero-order valence-electron chi connectivity index (χ0n) is 12.2. The Morgan fingerprint density at radius 3 is 2.25 bits per heavy atom. The minimum atomic E-state index is -0.156. The lowest BCUT2D eigenvalue weighted by atomic mass is 10.1. The minimum Gasteiger partial charge on any atom is -0.496 e. The van der Waals surface area contributed by atoms with Crippen LogP contribution in [0.5, 0.6) is 17.2 Å². The molecular formula is C17H21NO2. The molecule has 0 bridgehead atoms. The van der Waals surface area contributed by atoms with Gasteiger partial charge in [0.25, 0.3) is 0 Å². The molecule has 0 spiro atoms. The van der Waals surface area contributed by atoms with Gasteiger partial charge >= 0.3 is 0 Å². The SMILES string of the molecule is CCc1ccc(Oc2cccc(OC)c2[C@@H](C)N)cc1. The average molecular weight is 271 g/mol. The summed E-state index contributed by atoms with van der Waals surface area (Å²) in [7, 11) is 1.64. The first-order chi connectivity index (χ1) is 9.65. The fourth-order valence-corrected chi connectivity index (χ4v) is 2.16. The van der Waals surface area contributed by atoms with Crippen LogP contribution in [0.15, 0.2) is 42.5 Å². The van der Waals surface area contributed by atoms with Crippen molar-refractivity contribution < 1.29 is 9.47 Å². The van der Waals surface area contributed by atoms with E-state index in [1.165, 1.54) is 5.56 Å². The van der Waals surface area contributed by atoms with E-state index in [-0.39, 0.29) is 6.04 Å². The highest BCUT2D eigenvalue weighted by molar-refractivity contribution is 5.48. The lowest BCUT2D eigenvalue weighted by molar-refractivity contribution is 0.397. The molecule has 1 atom stereocenters. The predicted octanol–water partition coefficient (Wildman–Crippen LogP) is 4.07. The van der Waals surface area contributed by atoms with Crippen LogP contribution in [-0.4, -0.2) is 7.11 Å². The summed E-state index contributed by atoms with van der Waals surface area (Å²) in [4.78, 5) is 0. The van der Waals surface area contributed by atoms with Crippen molar-refractivity contribution in [3.05, 3.63) is 53.6 Å². The summed E-state index contributed by atoms with van der Waals surface area (Å²) in [5, 5.41) is 0. The molecule has 0 unspecified atom stereocenters. The zero-order valence-corrected chi connectivity index (χ0v) is 12.2. The van der Waals surface area contributed by atoms with Gasteiger partial charge in [0, 0.05) is 6.04 Å². The maximum Gasteiger partial charge on any atom is 0.135 e. The average Bonchev–Trinajstić information content (AvgIpc) is 2.47. The Morgan fingerprint density at radius 1 is 1.05 bits per heavy atom. The van der Waals surface area contributed by atoms with Crippen molar-refractivity contribution in [2.24, 2.45) is 5.73 Å². The van der Waals surface area contributed by atoms with E-state index in [1.807, 2.05) is 37.3 Å². The van der Waals surface area contributed by atoms with Gasteiger partial charge in [0.2, 0.25) is 0 Å². The van der Waals surface area contributed by atoms with Crippen molar-refractivity contribution in [2.45, 2.75) is 26.3 Å². The van der Waals surface area contributed by atoms with Crippen molar-refractivity contribution >= 4 is 0 Å². The van der Waals surface area contributed by atoms with E-state index in [1.54, 1.807) is 7.11 Å². The quantitative estimate of drug-likeness (QED) is 0.891. The number of rotatable bonds is 5. The summed E-state index contributed by atoms with van der Waals surface area (Å²) in [6.45, 7) is 4.05. The van der Waals surface area contributed by atoms with E-state index in [4.69, 9.17) is 15.2 Å². The predicted molar refractivity (Wildman–Crippen MR) is 81.5 cm³/mol. The molecule has 0 radical (unpaired) electrons. The lowest BCUT2D eigenvalue weighted by Gasteiger charge is -2.17. The molecule has 0 fully saturated rings. The Hall–Kier alpha value is -2.00. The topological polar surface area (TPSA) is 44.5 Å². The molecule has 20 heavy (non-hydrogen) atoms. The highest BCUT2D eigenvalue weighted by atomic mass is 16.5. The van der Waals surface area contributed by atoms with E-state index in [0.717, 1.165) is 29.2 Å². The molecule has 2 aromatic rings. The van der Waals surface area contributed by atoms with Gasteiger partial charge in [0.1, 0.15) is 17.2 Å². The second-order valence-corrected chi connectivity index (χ2v) is 4.76. The second-order valence-electron chi connectivity index (χ2n) is 4.76. The number of nitrogens with two attached hydrogens (primary N) is 1. The molecule has 3 nitrogen and oxygen atoms in total. The van der Waals surface area contributed by atoms with Crippen molar-refractivity contribution in [3.8, 4) is 17.2 Å². The molecule has 0 saturated heterocycles. The molecule has 0 aromatic heterocycles. The molecule has 106 valence electrons.